The van der Waals surface area contributed by atoms with Gasteiger partial charge in [0.1, 0.15) is 5.02 Å². The first kappa shape index (κ1) is 20.4. The summed E-state index contributed by atoms with van der Waals surface area (Å²) in [6.07, 6.45) is 2.12. The highest BCUT2D eigenvalue weighted by Crippen LogP contribution is 2.23. The average molecular weight is 418 g/mol. The minimum atomic E-state index is -0.426. The van der Waals surface area contributed by atoms with Gasteiger partial charge in [0.15, 0.2) is 0 Å². The molecule has 0 amide bonds. The topological polar surface area (TPSA) is 67.2 Å². The molecule has 0 saturated heterocycles. The number of aromatic nitrogens is 2. The van der Waals surface area contributed by atoms with Crippen molar-refractivity contribution in [2.75, 3.05) is 18.5 Å². The molecule has 3 rings (SSSR count). The van der Waals surface area contributed by atoms with Crippen molar-refractivity contribution < 1.29 is 5.11 Å². The number of rotatable bonds is 7. The molecular formula is C21H21Cl2N3O2. The van der Waals surface area contributed by atoms with Crippen molar-refractivity contribution in [3.8, 4) is 5.69 Å². The molecule has 28 heavy (non-hydrogen) atoms. The summed E-state index contributed by atoms with van der Waals surface area (Å²) in [4.78, 5) is 12.7. The van der Waals surface area contributed by atoms with Crippen LogP contribution in [0.5, 0.6) is 0 Å². The molecule has 1 atom stereocenters. The van der Waals surface area contributed by atoms with E-state index in [9.17, 15) is 9.90 Å². The molecule has 5 nitrogen and oxygen atoms in total. The minimum absolute atomic E-state index is 0.0579. The Bertz CT molecular complexity index is 1010. The van der Waals surface area contributed by atoms with E-state index in [-0.39, 0.29) is 17.5 Å². The maximum absolute atomic E-state index is 12.7. The second-order valence-corrected chi connectivity index (χ2v) is 7.31. The predicted octanol–water partition coefficient (Wildman–Crippen LogP) is 4.43. The number of hydrogen-bond donors (Lipinski definition) is 2. The number of nitrogens with one attached hydrogen (secondary N) is 1. The van der Waals surface area contributed by atoms with Crippen LogP contribution >= 0.6 is 23.2 Å². The molecule has 146 valence electrons. The molecule has 0 aliphatic heterocycles. The van der Waals surface area contributed by atoms with E-state index in [1.807, 2.05) is 43.3 Å². The van der Waals surface area contributed by atoms with Crippen LogP contribution < -0.4 is 10.9 Å². The van der Waals surface area contributed by atoms with Crippen molar-refractivity contribution in [3.05, 3.63) is 86.3 Å². The Morgan fingerprint density at radius 3 is 2.61 bits per heavy atom. The third-order valence-electron chi connectivity index (χ3n) is 4.61. The highest BCUT2D eigenvalue weighted by atomic mass is 35.5. The van der Waals surface area contributed by atoms with E-state index in [1.165, 1.54) is 10.9 Å². The Hall–Kier alpha value is -2.34. The highest BCUT2D eigenvalue weighted by Gasteiger charge is 2.15. The summed E-state index contributed by atoms with van der Waals surface area (Å²) in [6.45, 7) is 2.48. The molecule has 1 unspecified atom stereocenters. The predicted molar refractivity (Wildman–Crippen MR) is 114 cm³/mol. The summed E-state index contributed by atoms with van der Waals surface area (Å²) in [5, 5.41) is 17.4. The van der Waals surface area contributed by atoms with Crippen LogP contribution in [-0.4, -0.2) is 28.0 Å². The Morgan fingerprint density at radius 2 is 1.93 bits per heavy atom. The third kappa shape index (κ3) is 4.55. The lowest BCUT2D eigenvalue weighted by Crippen LogP contribution is -2.24. The van der Waals surface area contributed by atoms with Gasteiger partial charge in [0, 0.05) is 24.1 Å². The van der Waals surface area contributed by atoms with Crippen LogP contribution in [0.4, 0.5) is 5.69 Å². The Morgan fingerprint density at radius 1 is 1.18 bits per heavy atom. The Labute approximate surface area is 173 Å². The molecule has 2 N–H and O–H groups in total. The van der Waals surface area contributed by atoms with Gasteiger partial charge in [-0.1, -0.05) is 59.6 Å². The first-order valence-electron chi connectivity index (χ1n) is 8.95. The van der Waals surface area contributed by atoms with Gasteiger partial charge in [-0.3, -0.25) is 4.79 Å². The zero-order valence-electron chi connectivity index (χ0n) is 15.4. The van der Waals surface area contributed by atoms with E-state index in [2.05, 4.69) is 10.4 Å². The molecule has 0 fully saturated rings. The third-order valence-corrected chi connectivity index (χ3v) is 5.38. The average Bonchev–Trinajstić information content (AvgIpc) is 2.71. The summed E-state index contributed by atoms with van der Waals surface area (Å²) in [6, 6.07) is 15.2. The highest BCUT2D eigenvalue weighted by molar-refractivity contribution is 6.33. The maximum Gasteiger partial charge on any atom is 0.292 e. The number of anilines is 1. The molecule has 2 aromatic carbocycles. The SMILES string of the molecule is Cc1ccc(-n2ncc(NCC(CCO)c3ccccc3)c(Cl)c2=O)cc1Cl. The fourth-order valence-electron chi connectivity index (χ4n) is 2.95. The van der Waals surface area contributed by atoms with E-state index in [0.29, 0.717) is 29.4 Å². The normalized spacial score (nSPS) is 12.0. The number of nitrogens with zero attached hydrogens (tertiary/aromatic N) is 2. The molecule has 0 spiro atoms. The standard InChI is InChI=1S/C21H21Cl2N3O2/c1-14-7-8-17(11-18(14)22)26-21(28)20(23)19(13-25-26)24-12-16(9-10-27)15-5-3-2-4-6-15/h2-8,11,13,16,24,27H,9-10,12H2,1H3. The smallest absolute Gasteiger partial charge is 0.292 e. The van der Waals surface area contributed by atoms with Crippen LogP contribution in [0.15, 0.2) is 59.5 Å². The number of benzene rings is 2. The Kier molecular flexibility index (Phi) is 6.73. The number of hydrogen-bond acceptors (Lipinski definition) is 4. The molecule has 0 aliphatic carbocycles. The van der Waals surface area contributed by atoms with Crippen LogP contribution in [0.1, 0.15) is 23.5 Å². The molecule has 0 aliphatic rings. The molecule has 3 aromatic rings. The molecule has 1 heterocycles. The zero-order valence-corrected chi connectivity index (χ0v) is 16.9. The quantitative estimate of drug-likeness (QED) is 0.596. The second-order valence-electron chi connectivity index (χ2n) is 6.52. The van der Waals surface area contributed by atoms with Gasteiger partial charge >= 0.3 is 0 Å². The van der Waals surface area contributed by atoms with Gasteiger partial charge in [0.2, 0.25) is 0 Å². The molecule has 1 aromatic heterocycles. The Balaban J connectivity index is 1.82. The van der Waals surface area contributed by atoms with Crippen molar-refractivity contribution in [1.82, 2.24) is 9.78 Å². The van der Waals surface area contributed by atoms with Gasteiger partial charge in [-0.05, 0) is 36.6 Å². The zero-order chi connectivity index (χ0) is 20.1. The summed E-state index contributed by atoms with van der Waals surface area (Å²) in [5.41, 5.74) is 2.61. The van der Waals surface area contributed by atoms with Crippen molar-refractivity contribution >= 4 is 28.9 Å². The number of halogens is 2. The van der Waals surface area contributed by atoms with Crippen LogP contribution in [0.2, 0.25) is 10.0 Å². The summed E-state index contributed by atoms with van der Waals surface area (Å²) < 4.78 is 1.22. The minimum Gasteiger partial charge on any atom is -0.396 e. The second kappa shape index (κ2) is 9.24. The van der Waals surface area contributed by atoms with Gasteiger partial charge in [-0.2, -0.15) is 9.78 Å². The molecule has 0 saturated carbocycles. The lowest BCUT2D eigenvalue weighted by atomic mass is 9.96. The first-order chi connectivity index (χ1) is 13.5. The molecular weight excluding hydrogens is 397 g/mol. The van der Waals surface area contributed by atoms with Gasteiger partial charge in [0.05, 0.1) is 17.6 Å². The van der Waals surface area contributed by atoms with E-state index in [0.717, 1.165) is 11.1 Å². The lowest BCUT2D eigenvalue weighted by molar-refractivity contribution is 0.277. The van der Waals surface area contributed by atoms with Gasteiger partial charge in [-0.25, -0.2) is 0 Å². The van der Waals surface area contributed by atoms with Gasteiger partial charge in [0.25, 0.3) is 5.56 Å². The molecule has 0 radical (unpaired) electrons. The maximum atomic E-state index is 12.7. The molecule has 0 bridgehead atoms. The summed E-state index contributed by atoms with van der Waals surface area (Å²) in [5.74, 6) is 0.0839. The van der Waals surface area contributed by atoms with Crippen LogP contribution in [0, 0.1) is 6.92 Å². The van der Waals surface area contributed by atoms with Crippen LogP contribution in [0.25, 0.3) is 5.69 Å². The van der Waals surface area contributed by atoms with E-state index < -0.39 is 5.56 Å². The number of aliphatic hydroxyl groups is 1. The fraction of sp³-hybridized carbons (Fsp3) is 0.238. The van der Waals surface area contributed by atoms with Crippen LogP contribution in [0.3, 0.4) is 0 Å². The van der Waals surface area contributed by atoms with Crippen molar-refractivity contribution in [3.63, 3.8) is 0 Å². The summed E-state index contributed by atoms with van der Waals surface area (Å²) in [7, 11) is 0. The number of aliphatic hydroxyl groups excluding tert-OH is 1. The van der Waals surface area contributed by atoms with E-state index in [4.69, 9.17) is 23.2 Å². The van der Waals surface area contributed by atoms with Gasteiger partial charge < -0.3 is 10.4 Å². The van der Waals surface area contributed by atoms with Crippen molar-refractivity contribution in [1.29, 1.82) is 0 Å². The van der Waals surface area contributed by atoms with Gasteiger partial charge in [-0.15, -0.1) is 0 Å². The largest absolute Gasteiger partial charge is 0.396 e. The molecule has 7 heteroatoms. The summed E-state index contributed by atoms with van der Waals surface area (Å²) >= 11 is 12.5. The first-order valence-corrected chi connectivity index (χ1v) is 9.71. The lowest BCUT2D eigenvalue weighted by Gasteiger charge is -2.18. The monoisotopic (exact) mass is 417 g/mol. The van der Waals surface area contributed by atoms with Crippen molar-refractivity contribution in [2.24, 2.45) is 0 Å². The van der Waals surface area contributed by atoms with Crippen LogP contribution in [-0.2, 0) is 0 Å². The number of aryl methyl sites for hydroxylation is 1. The fourth-order valence-corrected chi connectivity index (χ4v) is 3.32. The van der Waals surface area contributed by atoms with E-state index >= 15 is 0 Å². The van der Waals surface area contributed by atoms with E-state index in [1.54, 1.807) is 12.1 Å². The van der Waals surface area contributed by atoms with Crippen molar-refractivity contribution in [2.45, 2.75) is 19.3 Å².